The van der Waals surface area contributed by atoms with E-state index < -0.39 is 18.1 Å². The number of furan rings is 1. The highest BCUT2D eigenvalue weighted by molar-refractivity contribution is 7.99. The van der Waals surface area contributed by atoms with Gasteiger partial charge in [0.15, 0.2) is 6.10 Å². The molecule has 0 unspecified atom stereocenters. The molecule has 2 fully saturated rings. The fraction of sp³-hybridized carbons (Fsp3) is 0.588. The summed E-state index contributed by atoms with van der Waals surface area (Å²) in [6.45, 7) is 4.42. The van der Waals surface area contributed by atoms with Gasteiger partial charge in [-0.2, -0.15) is 0 Å². The van der Waals surface area contributed by atoms with Gasteiger partial charge in [0, 0.05) is 25.8 Å². The maximum atomic E-state index is 12.6. The molecule has 0 bridgehead atoms. The van der Waals surface area contributed by atoms with Crippen LogP contribution in [0.25, 0.3) is 0 Å². The van der Waals surface area contributed by atoms with E-state index in [1.807, 2.05) is 0 Å². The Balaban J connectivity index is 1.66. The highest BCUT2D eigenvalue weighted by Gasteiger charge is 2.44. The highest BCUT2D eigenvalue weighted by atomic mass is 32.2. The lowest BCUT2D eigenvalue weighted by Gasteiger charge is -2.27. The van der Waals surface area contributed by atoms with Gasteiger partial charge in [0.05, 0.1) is 6.26 Å². The lowest BCUT2D eigenvalue weighted by atomic mass is 10.2. The minimum Gasteiger partial charge on any atom is -0.466 e. The van der Waals surface area contributed by atoms with Crippen molar-refractivity contribution in [2.75, 3.05) is 18.8 Å². The van der Waals surface area contributed by atoms with Gasteiger partial charge in [-0.3, -0.25) is 9.59 Å². The Hall–Kier alpha value is -1.96. The number of carbonyl (C=O) groups excluding carboxylic acids is 3. The maximum absolute atomic E-state index is 12.6. The summed E-state index contributed by atoms with van der Waals surface area (Å²) < 4.78 is 10.8. The maximum Gasteiger partial charge on any atom is 0.330 e. The normalized spacial score (nSPS) is 24.4. The van der Waals surface area contributed by atoms with E-state index in [1.165, 1.54) is 29.8 Å². The van der Waals surface area contributed by atoms with Gasteiger partial charge < -0.3 is 19.0 Å². The second-order valence-electron chi connectivity index (χ2n) is 6.25. The van der Waals surface area contributed by atoms with Crippen LogP contribution in [-0.4, -0.2) is 58.6 Å². The SMILES string of the molecule is CC(=O)N1[C@@H](c2ccco2)SC[C@H]1C(=O)O[C@@H](C)C(=O)N1CCCC1. The number of esters is 1. The van der Waals surface area contributed by atoms with Crippen molar-refractivity contribution in [3.63, 3.8) is 0 Å². The van der Waals surface area contributed by atoms with Crippen LogP contribution in [0.4, 0.5) is 0 Å². The van der Waals surface area contributed by atoms with E-state index in [0.29, 0.717) is 24.6 Å². The lowest BCUT2D eigenvalue weighted by molar-refractivity contribution is -0.164. The number of hydrogen-bond acceptors (Lipinski definition) is 6. The molecule has 0 radical (unpaired) electrons. The highest BCUT2D eigenvalue weighted by Crippen LogP contribution is 2.41. The zero-order valence-corrected chi connectivity index (χ0v) is 15.2. The molecule has 3 rings (SSSR count). The third-order valence-electron chi connectivity index (χ3n) is 4.48. The summed E-state index contributed by atoms with van der Waals surface area (Å²) in [5.41, 5.74) is 0. The third kappa shape index (κ3) is 3.68. The van der Waals surface area contributed by atoms with E-state index in [9.17, 15) is 14.4 Å². The molecule has 3 atom stereocenters. The number of hydrogen-bond donors (Lipinski definition) is 0. The smallest absolute Gasteiger partial charge is 0.330 e. The molecular formula is C17H22N2O5S. The molecule has 0 spiro atoms. The van der Waals surface area contributed by atoms with Crippen molar-refractivity contribution in [2.45, 2.75) is 44.2 Å². The first kappa shape index (κ1) is 17.8. The van der Waals surface area contributed by atoms with Crippen LogP contribution in [-0.2, 0) is 19.1 Å². The standard InChI is InChI=1S/C17H22N2O5S/c1-11(15(21)18-7-3-4-8-18)24-17(22)13-10-25-16(19(13)12(2)20)14-6-5-9-23-14/h5-6,9,11,13,16H,3-4,7-8,10H2,1-2H3/t11-,13-,16+/m0/s1. The predicted octanol–water partition coefficient (Wildman–Crippen LogP) is 1.80. The molecule has 2 aliphatic heterocycles. The molecule has 2 aliphatic rings. The van der Waals surface area contributed by atoms with Crippen molar-refractivity contribution in [2.24, 2.45) is 0 Å². The zero-order valence-electron chi connectivity index (χ0n) is 14.3. The third-order valence-corrected chi connectivity index (χ3v) is 5.76. The summed E-state index contributed by atoms with van der Waals surface area (Å²) in [5, 5.41) is -0.352. The number of likely N-dealkylation sites (tertiary alicyclic amines) is 1. The van der Waals surface area contributed by atoms with Crippen molar-refractivity contribution >= 4 is 29.5 Å². The Labute approximate surface area is 150 Å². The Bertz CT molecular complexity index is 641. The van der Waals surface area contributed by atoms with Crippen LogP contribution >= 0.6 is 11.8 Å². The van der Waals surface area contributed by atoms with Gasteiger partial charge in [0.1, 0.15) is 17.2 Å². The molecule has 3 heterocycles. The molecular weight excluding hydrogens is 344 g/mol. The van der Waals surface area contributed by atoms with Crippen molar-refractivity contribution in [1.82, 2.24) is 9.80 Å². The van der Waals surface area contributed by atoms with Crippen molar-refractivity contribution in [3.8, 4) is 0 Å². The van der Waals surface area contributed by atoms with Gasteiger partial charge in [-0.15, -0.1) is 11.8 Å². The second-order valence-corrected chi connectivity index (χ2v) is 7.37. The van der Waals surface area contributed by atoms with E-state index in [0.717, 1.165) is 12.8 Å². The topological polar surface area (TPSA) is 80.1 Å². The predicted molar refractivity (Wildman–Crippen MR) is 91.6 cm³/mol. The van der Waals surface area contributed by atoms with E-state index in [2.05, 4.69) is 0 Å². The average molecular weight is 366 g/mol. The number of amides is 2. The van der Waals surface area contributed by atoms with E-state index in [1.54, 1.807) is 24.0 Å². The van der Waals surface area contributed by atoms with Crippen LogP contribution < -0.4 is 0 Å². The molecule has 0 aromatic carbocycles. The molecule has 0 saturated carbocycles. The molecule has 1 aromatic rings. The van der Waals surface area contributed by atoms with Gasteiger partial charge in [0.25, 0.3) is 5.91 Å². The molecule has 0 N–H and O–H groups in total. The fourth-order valence-electron chi connectivity index (χ4n) is 3.22. The molecule has 2 amide bonds. The van der Waals surface area contributed by atoms with Crippen molar-refractivity contribution in [1.29, 1.82) is 0 Å². The lowest BCUT2D eigenvalue weighted by Crippen LogP contribution is -2.46. The van der Waals surface area contributed by atoms with Crippen LogP contribution in [0.3, 0.4) is 0 Å². The van der Waals surface area contributed by atoms with Gasteiger partial charge in [-0.25, -0.2) is 4.79 Å². The Kier molecular flexibility index (Phi) is 5.36. The van der Waals surface area contributed by atoms with E-state index in [-0.39, 0.29) is 17.2 Å². The first-order valence-corrected chi connectivity index (χ1v) is 9.47. The Morgan fingerprint density at radius 1 is 1.32 bits per heavy atom. The summed E-state index contributed by atoms with van der Waals surface area (Å²) in [7, 11) is 0. The van der Waals surface area contributed by atoms with Crippen LogP contribution in [0.2, 0.25) is 0 Å². The summed E-state index contributed by atoms with van der Waals surface area (Å²) >= 11 is 1.45. The quantitative estimate of drug-likeness (QED) is 0.756. The van der Waals surface area contributed by atoms with E-state index in [4.69, 9.17) is 9.15 Å². The average Bonchev–Trinajstić information content (AvgIpc) is 3.33. The van der Waals surface area contributed by atoms with E-state index >= 15 is 0 Å². The molecule has 7 nitrogen and oxygen atoms in total. The van der Waals surface area contributed by atoms with Gasteiger partial charge in [-0.05, 0) is 31.9 Å². The molecule has 136 valence electrons. The van der Waals surface area contributed by atoms with Crippen LogP contribution in [0, 0.1) is 0 Å². The van der Waals surface area contributed by atoms with Gasteiger partial charge in [0.2, 0.25) is 5.91 Å². The Morgan fingerprint density at radius 2 is 2.04 bits per heavy atom. The largest absolute Gasteiger partial charge is 0.466 e. The number of nitrogens with zero attached hydrogens (tertiary/aromatic N) is 2. The molecule has 2 saturated heterocycles. The second kappa shape index (κ2) is 7.51. The molecule has 1 aromatic heterocycles. The van der Waals surface area contributed by atoms with Crippen LogP contribution in [0.1, 0.15) is 37.8 Å². The fourth-order valence-corrected chi connectivity index (χ4v) is 4.64. The number of rotatable bonds is 4. The molecule has 0 aliphatic carbocycles. The van der Waals surface area contributed by atoms with Gasteiger partial charge in [-0.1, -0.05) is 0 Å². The Morgan fingerprint density at radius 3 is 2.64 bits per heavy atom. The summed E-state index contributed by atoms with van der Waals surface area (Å²) in [5.74, 6) is 0.0860. The van der Waals surface area contributed by atoms with Crippen molar-refractivity contribution < 1.29 is 23.5 Å². The first-order chi connectivity index (χ1) is 12.0. The minimum atomic E-state index is -0.841. The number of thioether (sulfide) groups is 1. The summed E-state index contributed by atoms with van der Waals surface area (Å²) in [6.07, 6.45) is 2.66. The molecule has 8 heteroatoms. The monoisotopic (exact) mass is 366 g/mol. The summed E-state index contributed by atoms with van der Waals surface area (Å²) in [6, 6.07) is 2.81. The first-order valence-electron chi connectivity index (χ1n) is 8.42. The number of ether oxygens (including phenoxy) is 1. The molecule has 25 heavy (non-hydrogen) atoms. The summed E-state index contributed by atoms with van der Waals surface area (Å²) in [4.78, 5) is 40.2. The van der Waals surface area contributed by atoms with Crippen LogP contribution in [0.15, 0.2) is 22.8 Å². The van der Waals surface area contributed by atoms with Crippen LogP contribution in [0.5, 0.6) is 0 Å². The number of carbonyl (C=O) groups is 3. The minimum absolute atomic E-state index is 0.173. The van der Waals surface area contributed by atoms with Crippen molar-refractivity contribution in [3.05, 3.63) is 24.2 Å². The zero-order chi connectivity index (χ0) is 18.0. The van der Waals surface area contributed by atoms with Gasteiger partial charge >= 0.3 is 5.97 Å².